The maximum atomic E-state index is 12.9. The summed E-state index contributed by atoms with van der Waals surface area (Å²) in [5.41, 5.74) is 1.31. The molecule has 0 aliphatic carbocycles. The molecule has 0 aliphatic rings. The fraction of sp³-hybridized carbons (Fsp3) is 0.353. The van der Waals surface area contributed by atoms with Crippen molar-refractivity contribution < 1.29 is 9.53 Å². The Kier molecular flexibility index (Phi) is 6.52. The summed E-state index contributed by atoms with van der Waals surface area (Å²) >= 11 is 6.06. The first-order chi connectivity index (χ1) is 11.5. The van der Waals surface area contributed by atoms with Crippen LogP contribution in [0.25, 0.3) is 0 Å². The largest absolute Gasteiger partial charge is 0.383 e. The molecule has 24 heavy (non-hydrogen) atoms. The average molecular weight is 349 g/mol. The third-order valence-electron chi connectivity index (χ3n) is 3.42. The number of amides is 1. The normalized spacial score (nSPS) is 10.5. The number of rotatable bonds is 7. The van der Waals surface area contributed by atoms with Gasteiger partial charge in [-0.05, 0) is 24.3 Å². The lowest BCUT2D eigenvalue weighted by molar-refractivity contribution is 0.0678. The number of pyridine rings is 2. The lowest BCUT2D eigenvalue weighted by Gasteiger charge is -2.23. The molecule has 0 aromatic carbocycles. The minimum Gasteiger partial charge on any atom is -0.383 e. The Morgan fingerprint density at radius 3 is 2.71 bits per heavy atom. The third-order valence-corrected chi connectivity index (χ3v) is 3.61. The van der Waals surface area contributed by atoms with Crippen molar-refractivity contribution in [1.82, 2.24) is 14.9 Å². The van der Waals surface area contributed by atoms with Crippen LogP contribution in [0.4, 0.5) is 5.82 Å². The Hall–Kier alpha value is -2.18. The topological polar surface area (TPSA) is 58.6 Å². The van der Waals surface area contributed by atoms with E-state index in [0.29, 0.717) is 31.1 Å². The molecule has 7 heteroatoms. The summed E-state index contributed by atoms with van der Waals surface area (Å²) in [6.07, 6.45) is 1.71. The second kappa shape index (κ2) is 8.61. The van der Waals surface area contributed by atoms with E-state index >= 15 is 0 Å². The van der Waals surface area contributed by atoms with Crippen molar-refractivity contribution in [3.8, 4) is 0 Å². The van der Waals surface area contributed by atoms with Crippen molar-refractivity contribution >= 4 is 23.3 Å². The maximum Gasteiger partial charge on any atom is 0.254 e. The SMILES string of the molecule is COCCN(Cc1ccccn1)C(=O)c1cc(Cl)nc(N(C)C)c1. The molecule has 0 aliphatic heterocycles. The van der Waals surface area contributed by atoms with Gasteiger partial charge in [0.15, 0.2) is 0 Å². The number of methoxy groups -OCH3 is 1. The van der Waals surface area contributed by atoms with Crippen molar-refractivity contribution in [2.45, 2.75) is 6.54 Å². The molecular weight excluding hydrogens is 328 g/mol. The number of anilines is 1. The number of carbonyl (C=O) groups is 1. The highest BCUT2D eigenvalue weighted by atomic mass is 35.5. The first kappa shape index (κ1) is 18.2. The van der Waals surface area contributed by atoms with E-state index in [4.69, 9.17) is 16.3 Å². The van der Waals surface area contributed by atoms with Gasteiger partial charge in [-0.3, -0.25) is 9.78 Å². The van der Waals surface area contributed by atoms with Crippen LogP contribution in [0.3, 0.4) is 0 Å². The van der Waals surface area contributed by atoms with Crippen LogP contribution in [-0.4, -0.2) is 55.1 Å². The highest BCUT2D eigenvalue weighted by Gasteiger charge is 2.18. The van der Waals surface area contributed by atoms with Gasteiger partial charge in [0, 0.05) is 39.5 Å². The summed E-state index contributed by atoms with van der Waals surface area (Å²) in [5, 5.41) is 0.286. The fourth-order valence-electron chi connectivity index (χ4n) is 2.16. The standard InChI is InChI=1S/C17H21ClN4O2/c1-21(2)16-11-13(10-15(18)20-16)17(23)22(8-9-24-3)12-14-6-4-5-7-19-14/h4-7,10-11H,8-9,12H2,1-3H3. The fourth-order valence-corrected chi connectivity index (χ4v) is 2.36. The lowest BCUT2D eigenvalue weighted by atomic mass is 10.2. The summed E-state index contributed by atoms with van der Waals surface area (Å²) in [7, 11) is 5.31. The minimum absolute atomic E-state index is 0.134. The molecular formula is C17H21ClN4O2. The molecule has 0 saturated heterocycles. The summed E-state index contributed by atoms with van der Waals surface area (Å²) in [4.78, 5) is 24.9. The predicted molar refractivity (Wildman–Crippen MR) is 94.4 cm³/mol. The van der Waals surface area contributed by atoms with Crippen LogP contribution >= 0.6 is 11.6 Å². The van der Waals surface area contributed by atoms with E-state index in [9.17, 15) is 4.79 Å². The van der Waals surface area contributed by atoms with Crippen molar-refractivity contribution in [3.63, 3.8) is 0 Å². The van der Waals surface area contributed by atoms with Gasteiger partial charge >= 0.3 is 0 Å². The molecule has 2 aromatic heterocycles. The lowest BCUT2D eigenvalue weighted by Crippen LogP contribution is -2.34. The van der Waals surface area contributed by atoms with Gasteiger partial charge in [0.05, 0.1) is 18.8 Å². The zero-order chi connectivity index (χ0) is 17.5. The number of aromatic nitrogens is 2. The van der Waals surface area contributed by atoms with Gasteiger partial charge in [-0.25, -0.2) is 4.98 Å². The van der Waals surface area contributed by atoms with Crippen molar-refractivity contribution in [2.75, 3.05) is 39.3 Å². The van der Waals surface area contributed by atoms with Crippen molar-refractivity contribution in [3.05, 3.63) is 52.9 Å². The van der Waals surface area contributed by atoms with Gasteiger partial charge in [0.25, 0.3) is 5.91 Å². The summed E-state index contributed by atoms with van der Waals surface area (Å²) in [6.45, 7) is 1.31. The van der Waals surface area contributed by atoms with Crippen LogP contribution in [0.15, 0.2) is 36.5 Å². The Morgan fingerprint density at radius 1 is 1.29 bits per heavy atom. The summed E-state index contributed by atoms with van der Waals surface area (Å²) in [6, 6.07) is 8.94. The molecule has 2 aromatic rings. The van der Waals surface area contributed by atoms with Gasteiger partial charge in [-0.15, -0.1) is 0 Å². The zero-order valence-electron chi connectivity index (χ0n) is 14.1. The van der Waals surface area contributed by atoms with Crippen LogP contribution in [0.5, 0.6) is 0 Å². The predicted octanol–water partition coefficient (Wildman–Crippen LogP) is 2.48. The van der Waals surface area contributed by atoms with E-state index < -0.39 is 0 Å². The van der Waals surface area contributed by atoms with E-state index in [0.717, 1.165) is 5.69 Å². The minimum atomic E-state index is -0.134. The Bertz CT molecular complexity index is 680. The molecule has 0 radical (unpaired) electrons. The molecule has 128 valence electrons. The van der Waals surface area contributed by atoms with E-state index in [2.05, 4.69) is 9.97 Å². The molecule has 0 unspecified atom stereocenters. The van der Waals surface area contributed by atoms with E-state index in [-0.39, 0.29) is 11.1 Å². The van der Waals surface area contributed by atoms with Gasteiger partial charge in [0.1, 0.15) is 11.0 Å². The molecule has 6 nitrogen and oxygen atoms in total. The monoisotopic (exact) mass is 348 g/mol. The van der Waals surface area contributed by atoms with Crippen LogP contribution < -0.4 is 4.90 Å². The maximum absolute atomic E-state index is 12.9. The van der Waals surface area contributed by atoms with Crippen LogP contribution in [-0.2, 0) is 11.3 Å². The Balaban J connectivity index is 2.26. The first-order valence-electron chi connectivity index (χ1n) is 7.54. The molecule has 1 amide bonds. The second-order valence-corrected chi connectivity index (χ2v) is 5.86. The average Bonchev–Trinajstić information content (AvgIpc) is 2.58. The van der Waals surface area contributed by atoms with E-state index in [1.807, 2.05) is 32.3 Å². The number of carbonyl (C=O) groups excluding carboxylic acids is 1. The number of hydrogen-bond donors (Lipinski definition) is 0. The molecule has 0 spiro atoms. The molecule has 0 atom stereocenters. The molecule has 2 rings (SSSR count). The molecule has 0 fully saturated rings. The van der Waals surface area contributed by atoms with Gasteiger partial charge in [-0.1, -0.05) is 17.7 Å². The highest BCUT2D eigenvalue weighted by Crippen LogP contribution is 2.18. The molecule has 0 N–H and O–H groups in total. The molecule has 0 saturated carbocycles. The Labute approximate surface area is 147 Å². The second-order valence-electron chi connectivity index (χ2n) is 5.47. The van der Waals surface area contributed by atoms with E-state index in [1.54, 1.807) is 35.2 Å². The molecule has 0 bridgehead atoms. The number of nitrogens with zero attached hydrogens (tertiary/aromatic N) is 4. The highest BCUT2D eigenvalue weighted by molar-refractivity contribution is 6.29. The smallest absolute Gasteiger partial charge is 0.254 e. The number of ether oxygens (including phenoxy) is 1. The van der Waals surface area contributed by atoms with Gasteiger partial charge in [-0.2, -0.15) is 0 Å². The van der Waals surface area contributed by atoms with Gasteiger partial charge < -0.3 is 14.5 Å². The van der Waals surface area contributed by atoms with Gasteiger partial charge in [0.2, 0.25) is 0 Å². The zero-order valence-corrected chi connectivity index (χ0v) is 14.8. The van der Waals surface area contributed by atoms with Crippen LogP contribution in [0.2, 0.25) is 5.15 Å². The van der Waals surface area contributed by atoms with Crippen LogP contribution in [0, 0.1) is 0 Å². The summed E-state index contributed by atoms with van der Waals surface area (Å²) in [5.74, 6) is 0.500. The van der Waals surface area contributed by atoms with Crippen LogP contribution in [0.1, 0.15) is 16.1 Å². The number of halogens is 1. The Morgan fingerprint density at radius 2 is 2.08 bits per heavy atom. The molecule has 2 heterocycles. The van der Waals surface area contributed by atoms with Crippen molar-refractivity contribution in [2.24, 2.45) is 0 Å². The number of hydrogen-bond acceptors (Lipinski definition) is 5. The summed E-state index contributed by atoms with van der Waals surface area (Å²) < 4.78 is 5.12. The van der Waals surface area contributed by atoms with Crippen molar-refractivity contribution in [1.29, 1.82) is 0 Å². The quantitative estimate of drug-likeness (QED) is 0.719. The van der Waals surface area contributed by atoms with E-state index in [1.165, 1.54) is 0 Å². The third kappa shape index (κ3) is 4.91. The first-order valence-corrected chi connectivity index (χ1v) is 7.92.